The van der Waals surface area contributed by atoms with E-state index in [1.54, 1.807) is 0 Å². The van der Waals surface area contributed by atoms with Gasteiger partial charge in [-0.15, -0.1) is 0 Å². The van der Waals surface area contributed by atoms with Crippen molar-refractivity contribution in [1.82, 2.24) is 25.2 Å². The minimum absolute atomic E-state index is 0.0895. The first-order valence-corrected chi connectivity index (χ1v) is 11.1. The molecule has 32 heavy (non-hydrogen) atoms. The van der Waals surface area contributed by atoms with Gasteiger partial charge >= 0.3 is 5.97 Å². The number of anilines is 1. The van der Waals surface area contributed by atoms with Crippen LogP contribution in [0.25, 0.3) is 0 Å². The van der Waals surface area contributed by atoms with E-state index in [1.807, 2.05) is 11.8 Å². The number of halogens is 1. The maximum atomic E-state index is 12.6. The van der Waals surface area contributed by atoms with Crippen LogP contribution in [0.2, 0.25) is 5.15 Å². The summed E-state index contributed by atoms with van der Waals surface area (Å²) >= 11 is 6.97. The number of imidazole rings is 1. The number of rotatable bonds is 7. The number of ether oxygens (including phenoxy) is 1. The maximum absolute atomic E-state index is 12.6. The van der Waals surface area contributed by atoms with Crippen LogP contribution in [-0.2, 0) is 11.2 Å². The van der Waals surface area contributed by atoms with E-state index in [4.69, 9.17) is 16.3 Å². The summed E-state index contributed by atoms with van der Waals surface area (Å²) in [6, 6.07) is -0.292. The molecule has 2 aromatic rings. The van der Waals surface area contributed by atoms with Gasteiger partial charge in [0.25, 0.3) is 11.8 Å². The zero-order chi connectivity index (χ0) is 23.6. The lowest BCUT2D eigenvalue weighted by molar-refractivity contribution is 0.0538. The topological polar surface area (TPSA) is 141 Å². The molecule has 13 heteroatoms. The summed E-state index contributed by atoms with van der Waals surface area (Å²) < 4.78 is 5.58. The van der Waals surface area contributed by atoms with Crippen LogP contribution in [0.5, 0.6) is 0 Å². The number of nitrogens with zero attached hydrogens (tertiary/aromatic N) is 4. The van der Waals surface area contributed by atoms with Gasteiger partial charge in [0.05, 0.1) is 17.8 Å². The molecule has 0 bridgehead atoms. The van der Waals surface area contributed by atoms with Crippen LogP contribution in [0, 0.1) is 0 Å². The molecule has 1 fully saturated rings. The number of hydrogen-bond donors (Lipinski definition) is 3. The lowest BCUT2D eigenvalue weighted by Crippen LogP contribution is -2.55. The molecule has 3 N–H and O–H groups in total. The van der Waals surface area contributed by atoms with Gasteiger partial charge in [0, 0.05) is 34.3 Å². The molecule has 3 rings (SSSR count). The number of H-pyrrole nitrogens is 1. The van der Waals surface area contributed by atoms with Crippen molar-refractivity contribution in [3.63, 3.8) is 0 Å². The van der Waals surface area contributed by atoms with Gasteiger partial charge in [-0.25, -0.2) is 14.8 Å². The first kappa shape index (κ1) is 24.0. The van der Waals surface area contributed by atoms with E-state index >= 15 is 0 Å². The number of hydrogen-bond acceptors (Lipinski definition) is 8. The molecule has 3 heterocycles. The van der Waals surface area contributed by atoms with E-state index in [1.165, 1.54) is 26.1 Å². The number of carbonyl (C=O) groups is 3. The number of aryl methyl sites for hydroxylation is 1. The second-order valence-electron chi connectivity index (χ2n) is 7.48. The Morgan fingerprint density at radius 3 is 2.66 bits per heavy atom. The molecular formula is C19H25ClN6O5S. The van der Waals surface area contributed by atoms with Crippen LogP contribution in [-0.4, -0.2) is 89.2 Å². The van der Waals surface area contributed by atoms with Gasteiger partial charge in [0.1, 0.15) is 4.88 Å². The molecule has 174 valence electrons. The summed E-state index contributed by atoms with van der Waals surface area (Å²) in [6.45, 7) is 2.76. The van der Waals surface area contributed by atoms with Gasteiger partial charge in [0.2, 0.25) is 0 Å². The highest BCUT2D eigenvalue weighted by molar-refractivity contribution is 7.17. The zero-order valence-electron chi connectivity index (χ0n) is 18.1. The lowest BCUT2D eigenvalue weighted by Gasteiger charge is -2.37. The van der Waals surface area contributed by atoms with Crippen molar-refractivity contribution in [3.8, 4) is 0 Å². The quantitative estimate of drug-likeness (QED) is 0.537. The molecule has 1 saturated heterocycles. The molecule has 11 nitrogen and oxygen atoms in total. The standard InChI is InChI=1S/C19H25ClN6O5S/c1-5-9-14(20)24-15(21-9)16(27)22-10-6-7-26(8-11(10)31-4)19-23-12(17(28)25(2)3)13(32-19)18(29)30/h10-11H,5-8H2,1-4H3,(H,21,24)(H,22,27)(H,29,30)/t10-,11+/m1/s1. The van der Waals surface area contributed by atoms with Crippen molar-refractivity contribution in [3.05, 3.63) is 27.2 Å². The Labute approximate surface area is 193 Å². The molecule has 2 amide bonds. The fourth-order valence-corrected chi connectivity index (χ4v) is 4.60. The molecule has 0 spiro atoms. The fraction of sp³-hybridized carbons (Fsp3) is 0.526. The molecule has 1 aliphatic heterocycles. The summed E-state index contributed by atoms with van der Waals surface area (Å²) in [5, 5.41) is 13.1. The molecule has 0 aromatic carbocycles. The summed E-state index contributed by atoms with van der Waals surface area (Å²) in [5.41, 5.74) is 0.601. The summed E-state index contributed by atoms with van der Waals surface area (Å²) in [4.78, 5) is 50.9. The van der Waals surface area contributed by atoms with Crippen LogP contribution < -0.4 is 10.2 Å². The van der Waals surface area contributed by atoms with Crippen LogP contribution in [0.3, 0.4) is 0 Å². The highest BCUT2D eigenvalue weighted by Crippen LogP contribution is 2.30. The first-order chi connectivity index (χ1) is 15.2. The number of methoxy groups -OCH3 is 1. The van der Waals surface area contributed by atoms with Crippen molar-refractivity contribution in [2.75, 3.05) is 39.2 Å². The number of aromatic carboxylic acids is 1. The van der Waals surface area contributed by atoms with Gasteiger partial charge in [-0.3, -0.25) is 9.59 Å². The minimum atomic E-state index is -1.20. The Morgan fingerprint density at radius 1 is 1.38 bits per heavy atom. The van der Waals surface area contributed by atoms with Gasteiger partial charge in [-0.1, -0.05) is 29.9 Å². The predicted octanol–water partition coefficient (Wildman–Crippen LogP) is 1.51. The summed E-state index contributed by atoms with van der Waals surface area (Å²) in [7, 11) is 4.62. The number of nitrogens with one attached hydrogen (secondary N) is 2. The van der Waals surface area contributed by atoms with Gasteiger partial charge < -0.3 is 29.9 Å². The van der Waals surface area contributed by atoms with E-state index in [0.29, 0.717) is 36.8 Å². The summed E-state index contributed by atoms with van der Waals surface area (Å²) in [5.74, 6) is -1.91. The monoisotopic (exact) mass is 484 g/mol. The van der Waals surface area contributed by atoms with Crippen LogP contribution in [0.15, 0.2) is 0 Å². The minimum Gasteiger partial charge on any atom is -0.477 e. The summed E-state index contributed by atoms with van der Waals surface area (Å²) in [6.07, 6.45) is 0.773. The van der Waals surface area contributed by atoms with Crippen molar-refractivity contribution < 1.29 is 24.2 Å². The lowest BCUT2D eigenvalue weighted by atomic mass is 10.0. The second kappa shape index (κ2) is 9.84. The normalized spacial score (nSPS) is 18.5. The largest absolute Gasteiger partial charge is 0.477 e. The predicted molar refractivity (Wildman–Crippen MR) is 119 cm³/mol. The van der Waals surface area contributed by atoms with E-state index < -0.39 is 11.9 Å². The Morgan fingerprint density at radius 2 is 2.09 bits per heavy atom. The highest BCUT2D eigenvalue weighted by Gasteiger charge is 2.34. The molecule has 2 atom stereocenters. The Bertz CT molecular complexity index is 1020. The number of carboxylic acid groups (broad SMARTS) is 1. The Kier molecular flexibility index (Phi) is 7.36. The van der Waals surface area contributed by atoms with Crippen LogP contribution in [0.1, 0.15) is 49.8 Å². The smallest absolute Gasteiger partial charge is 0.348 e. The number of aromatic amines is 1. The number of carboxylic acids is 1. The molecule has 0 radical (unpaired) electrons. The SMILES string of the molecule is CCc1[nH]c(C(=O)N[C@@H]2CCN(c3nc(C(=O)N(C)C)c(C(=O)O)s3)C[C@@H]2OC)nc1Cl. The fourth-order valence-electron chi connectivity index (χ4n) is 3.41. The molecule has 1 aliphatic rings. The second-order valence-corrected chi connectivity index (χ2v) is 8.81. The van der Waals surface area contributed by atoms with Gasteiger partial charge in [0.15, 0.2) is 21.8 Å². The van der Waals surface area contributed by atoms with Gasteiger partial charge in [-0.05, 0) is 12.8 Å². The molecule has 0 aliphatic carbocycles. The third-order valence-corrected chi connectivity index (χ3v) is 6.58. The number of amides is 2. The first-order valence-electron chi connectivity index (χ1n) is 9.94. The van der Waals surface area contributed by atoms with Crippen LogP contribution >= 0.6 is 22.9 Å². The molecule has 2 aromatic heterocycles. The van der Waals surface area contributed by atoms with E-state index in [2.05, 4.69) is 20.3 Å². The van der Waals surface area contributed by atoms with Crippen LogP contribution in [0.4, 0.5) is 5.13 Å². The average Bonchev–Trinajstić information content (AvgIpc) is 3.37. The van der Waals surface area contributed by atoms with Gasteiger partial charge in [-0.2, -0.15) is 0 Å². The number of aromatic nitrogens is 3. The molecule has 0 saturated carbocycles. The Balaban J connectivity index is 1.74. The number of carbonyl (C=O) groups excluding carboxylic acids is 2. The van der Waals surface area contributed by atoms with Crippen molar-refractivity contribution in [2.45, 2.75) is 31.9 Å². The number of piperidine rings is 1. The van der Waals surface area contributed by atoms with Crippen molar-refractivity contribution in [2.24, 2.45) is 0 Å². The van der Waals surface area contributed by atoms with E-state index in [-0.39, 0.29) is 39.6 Å². The number of thiazole rings is 1. The van der Waals surface area contributed by atoms with E-state index in [9.17, 15) is 19.5 Å². The Hall–Kier alpha value is -2.70. The van der Waals surface area contributed by atoms with E-state index in [0.717, 1.165) is 11.3 Å². The van der Waals surface area contributed by atoms with Crippen molar-refractivity contribution >= 4 is 45.9 Å². The third-order valence-electron chi connectivity index (χ3n) is 5.16. The van der Waals surface area contributed by atoms with Crippen molar-refractivity contribution in [1.29, 1.82) is 0 Å². The molecule has 0 unspecified atom stereocenters. The third kappa shape index (κ3) is 4.87. The maximum Gasteiger partial charge on any atom is 0.348 e. The zero-order valence-corrected chi connectivity index (χ0v) is 19.7. The highest BCUT2D eigenvalue weighted by atomic mass is 35.5. The molecular weight excluding hydrogens is 460 g/mol. The average molecular weight is 485 g/mol.